The number of amides is 1. The molecule has 32 heavy (non-hydrogen) atoms. The van der Waals surface area contributed by atoms with Crippen molar-refractivity contribution in [2.75, 3.05) is 44.2 Å². The van der Waals surface area contributed by atoms with Crippen molar-refractivity contribution < 1.29 is 9.90 Å². The van der Waals surface area contributed by atoms with Gasteiger partial charge < -0.3 is 14.9 Å². The van der Waals surface area contributed by atoms with Gasteiger partial charge in [-0.2, -0.15) is 0 Å². The van der Waals surface area contributed by atoms with E-state index in [1.807, 2.05) is 35.2 Å². The average molecular weight is 474 g/mol. The van der Waals surface area contributed by atoms with Crippen LogP contribution in [-0.4, -0.2) is 72.2 Å². The lowest BCUT2D eigenvalue weighted by Gasteiger charge is -2.46. The Morgan fingerprint density at radius 1 is 0.906 bits per heavy atom. The molecular weight excluding hydrogens is 445 g/mol. The third kappa shape index (κ3) is 4.36. The number of aliphatic hydroxyl groups excluding tert-OH is 1. The van der Waals surface area contributed by atoms with Gasteiger partial charge in [0, 0.05) is 50.3 Å². The van der Waals surface area contributed by atoms with E-state index >= 15 is 0 Å². The Balaban J connectivity index is 1.25. The van der Waals surface area contributed by atoms with E-state index in [0.717, 1.165) is 56.2 Å². The first kappa shape index (κ1) is 22.0. The van der Waals surface area contributed by atoms with Crippen LogP contribution in [0.1, 0.15) is 41.1 Å². The van der Waals surface area contributed by atoms with E-state index in [-0.39, 0.29) is 12.0 Å². The van der Waals surface area contributed by atoms with Crippen LogP contribution in [0.15, 0.2) is 42.5 Å². The van der Waals surface area contributed by atoms with Crippen molar-refractivity contribution in [3.05, 3.63) is 63.6 Å². The van der Waals surface area contributed by atoms with Crippen LogP contribution in [0.25, 0.3) is 0 Å². The second-order valence-corrected chi connectivity index (χ2v) is 10.1. The standard InChI is InChI=1S/C25H29Cl2N3O2/c26-19-7-4-17(5-8-19)18-6-9-20-15-30(13-12-28(20)14-18)25(32)22-2-1-3-23(24(22)27)29-11-10-21(31)16-29/h1-5,7-8,18,20-21,31H,6,9-16H2. The molecule has 0 spiro atoms. The number of halogens is 2. The van der Waals surface area contributed by atoms with Gasteiger partial charge in [0.1, 0.15) is 0 Å². The highest BCUT2D eigenvalue weighted by Crippen LogP contribution is 2.35. The molecule has 1 amide bonds. The summed E-state index contributed by atoms with van der Waals surface area (Å²) in [5, 5.41) is 11.2. The number of nitrogens with zero attached hydrogens (tertiary/aromatic N) is 3. The molecule has 0 radical (unpaired) electrons. The third-order valence-corrected chi connectivity index (χ3v) is 7.90. The molecule has 0 aromatic heterocycles. The number of hydrogen-bond acceptors (Lipinski definition) is 4. The van der Waals surface area contributed by atoms with Gasteiger partial charge in [-0.3, -0.25) is 9.69 Å². The fourth-order valence-electron chi connectivity index (χ4n) is 5.43. The lowest BCUT2D eigenvalue weighted by atomic mass is 9.86. The molecule has 5 nitrogen and oxygen atoms in total. The maximum Gasteiger partial charge on any atom is 0.255 e. The largest absolute Gasteiger partial charge is 0.391 e. The zero-order chi connectivity index (χ0) is 22.2. The van der Waals surface area contributed by atoms with Crippen molar-refractivity contribution in [3.63, 3.8) is 0 Å². The topological polar surface area (TPSA) is 47.0 Å². The van der Waals surface area contributed by atoms with E-state index in [2.05, 4.69) is 21.9 Å². The highest BCUT2D eigenvalue weighted by molar-refractivity contribution is 6.36. The maximum absolute atomic E-state index is 13.4. The van der Waals surface area contributed by atoms with Gasteiger partial charge in [-0.15, -0.1) is 0 Å². The zero-order valence-electron chi connectivity index (χ0n) is 18.1. The number of piperazine rings is 1. The number of benzene rings is 2. The third-order valence-electron chi connectivity index (χ3n) is 7.25. The van der Waals surface area contributed by atoms with Crippen LogP contribution in [0.5, 0.6) is 0 Å². The lowest BCUT2D eigenvalue weighted by molar-refractivity contribution is 0.0329. The Morgan fingerprint density at radius 3 is 2.47 bits per heavy atom. The van der Waals surface area contributed by atoms with Gasteiger partial charge in [0.05, 0.1) is 22.4 Å². The molecule has 2 aromatic carbocycles. The fraction of sp³-hybridized carbons (Fsp3) is 0.480. The number of β-amino-alcohol motifs (C(OH)–C–C–N with tert-alkyl or cyclic N) is 1. The Labute approximate surface area is 199 Å². The molecule has 1 N–H and O–H groups in total. The Morgan fingerprint density at radius 2 is 1.72 bits per heavy atom. The van der Waals surface area contributed by atoms with E-state index < -0.39 is 0 Å². The summed E-state index contributed by atoms with van der Waals surface area (Å²) >= 11 is 12.7. The summed E-state index contributed by atoms with van der Waals surface area (Å²) in [4.78, 5) is 20.0. The van der Waals surface area contributed by atoms with Crippen LogP contribution < -0.4 is 4.90 Å². The predicted molar refractivity (Wildman–Crippen MR) is 129 cm³/mol. The Hall–Kier alpha value is -1.79. The molecule has 3 aliphatic rings. The van der Waals surface area contributed by atoms with E-state index in [1.165, 1.54) is 5.56 Å². The van der Waals surface area contributed by atoms with Gasteiger partial charge in [0.15, 0.2) is 0 Å². The number of carbonyl (C=O) groups excluding carboxylic acids is 1. The van der Waals surface area contributed by atoms with Gasteiger partial charge in [-0.1, -0.05) is 41.4 Å². The molecular formula is C25H29Cl2N3O2. The van der Waals surface area contributed by atoms with Crippen molar-refractivity contribution in [2.45, 2.75) is 37.3 Å². The minimum atomic E-state index is -0.332. The highest BCUT2D eigenvalue weighted by Gasteiger charge is 2.36. The van der Waals surface area contributed by atoms with Crippen LogP contribution in [0, 0.1) is 0 Å². The molecule has 2 aromatic rings. The number of aliphatic hydroxyl groups is 1. The van der Waals surface area contributed by atoms with Gasteiger partial charge >= 0.3 is 0 Å². The Kier molecular flexibility index (Phi) is 6.35. The second kappa shape index (κ2) is 9.22. The molecule has 0 bridgehead atoms. The summed E-state index contributed by atoms with van der Waals surface area (Å²) in [6, 6.07) is 14.3. The first-order valence-corrected chi connectivity index (χ1v) is 12.3. The van der Waals surface area contributed by atoms with Crippen molar-refractivity contribution in [2.24, 2.45) is 0 Å². The quantitative estimate of drug-likeness (QED) is 0.722. The second-order valence-electron chi connectivity index (χ2n) is 9.25. The van der Waals surface area contributed by atoms with Crippen LogP contribution in [0.2, 0.25) is 10.0 Å². The van der Waals surface area contributed by atoms with Crippen LogP contribution in [0.3, 0.4) is 0 Å². The van der Waals surface area contributed by atoms with Gasteiger partial charge in [-0.05, 0) is 55.0 Å². The van der Waals surface area contributed by atoms with Crippen molar-refractivity contribution >= 4 is 34.8 Å². The Bertz CT molecular complexity index is 984. The molecule has 3 fully saturated rings. The van der Waals surface area contributed by atoms with E-state index in [0.29, 0.717) is 35.6 Å². The van der Waals surface area contributed by atoms with E-state index in [9.17, 15) is 9.90 Å². The SMILES string of the molecule is O=C(c1cccc(N2CCC(O)C2)c1Cl)N1CCN2CC(c3ccc(Cl)cc3)CCC2C1. The highest BCUT2D eigenvalue weighted by atomic mass is 35.5. The number of anilines is 1. The molecule has 0 saturated carbocycles. The van der Waals surface area contributed by atoms with E-state index in [1.54, 1.807) is 0 Å². The molecule has 3 heterocycles. The molecule has 3 unspecified atom stereocenters. The van der Waals surface area contributed by atoms with Crippen LogP contribution in [-0.2, 0) is 0 Å². The smallest absolute Gasteiger partial charge is 0.255 e. The summed E-state index contributed by atoms with van der Waals surface area (Å²) < 4.78 is 0. The summed E-state index contributed by atoms with van der Waals surface area (Å²) in [7, 11) is 0. The van der Waals surface area contributed by atoms with Crippen molar-refractivity contribution in [3.8, 4) is 0 Å². The number of fused-ring (bicyclic) bond motifs is 1. The maximum atomic E-state index is 13.4. The minimum absolute atomic E-state index is 0.0103. The van der Waals surface area contributed by atoms with E-state index in [4.69, 9.17) is 23.2 Å². The molecule has 3 aliphatic heterocycles. The number of piperidine rings is 1. The molecule has 3 atom stereocenters. The monoisotopic (exact) mass is 473 g/mol. The first-order valence-electron chi connectivity index (χ1n) is 11.5. The minimum Gasteiger partial charge on any atom is -0.391 e. The van der Waals surface area contributed by atoms with Gasteiger partial charge in [-0.25, -0.2) is 0 Å². The summed E-state index contributed by atoms with van der Waals surface area (Å²) in [6.07, 6.45) is 2.60. The number of hydrogen-bond donors (Lipinski definition) is 1. The number of rotatable bonds is 3. The molecule has 5 rings (SSSR count). The number of carbonyl (C=O) groups is 1. The predicted octanol–water partition coefficient (Wildman–Crippen LogP) is 4.27. The average Bonchev–Trinajstić information content (AvgIpc) is 3.24. The molecule has 0 aliphatic carbocycles. The van der Waals surface area contributed by atoms with Gasteiger partial charge in [0.2, 0.25) is 0 Å². The molecule has 170 valence electrons. The summed E-state index contributed by atoms with van der Waals surface area (Å²) in [6.45, 7) is 4.69. The molecule has 3 saturated heterocycles. The summed E-state index contributed by atoms with van der Waals surface area (Å²) in [5.74, 6) is 0.531. The molecule has 7 heteroatoms. The zero-order valence-corrected chi connectivity index (χ0v) is 19.6. The van der Waals surface area contributed by atoms with Gasteiger partial charge in [0.25, 0.3) is 5.91 Å². The fourth-order valence-corrected chi connectivity index (χ4v) is 5.88. The summed E-state index contributed by atoms with van der Waals surface area (Å²) in [5.41, 5.74) is 2.76. The lowest BCUT2D eigenvalue weighted by Crippen LogP contribution is -2.57. The first-order chi connectivity index (χ1) is 15.5. The van der Waals surface area contributed by atoms with Crippen molar-refractivity contribution in [1.29, 1.82) is 0 Å². The van der Waals surface area contributed by atoms with Crippen LogP contribution >= 0.6 is 23.2 Å². The normalized spacial score (nSPS) is 26.3. The van der Waals surface area contributed by atoms with Crippen molar-refractivity contribution in [1.82, 2.24) is 9.80 Å². The van der Waals surface area contributed by atoms with Crippen LogP contribution in [0.4, 0.5) is 5.69 Å².